The van der Waals surface area contributed by atoms with E-state index in [0.717, 1.165) is 16.8 Å². The number of thioether (sulfide) groups is 1. The van der Waals surface area contributed by atoms with Gasteiger partial charge in [0.25, 0.3) is 0 Å². The van der Waals surface area contributed by atoms with Crippen LogP contribution in [-0.2, 0) is 9.53 Å². The minimum Gasteiger partial charge on any atom is -0.459 e. The molecule has 0 aliphatic heterocycles. The molecular formula is C21H23N5O3S. The topological polar surface area (TPSA) is 99.0 Å². The van der Waals surface area contributed by atoms with E-state index in [1.165, 1.54) is 11.8 Å². The summed E-state index contributed by atoms with van der Waals surface area (Å²) in [7, 11) is 0. The summed E-state index contributed by atoms with van der Waals surface area (Å²) < 4.78 is 6.78. The number of nitrogens with zero attached hydrogens (tertiary/aromatic N) is 4. The Bertz CT molecular complexity index is 1050. The van der Waals surface area contributed by atoms with Crippen molar-refractivity contribution in [1.29, 1.82) is 0 Å². The number of nitrogens with one attached hydrogen (secondary N) is 1. The molecule has 0 aliphatic rings. The van der Waals surface area contributed by atoms with E-state index in [1.54, 1.807) is 42.8 Å². The molecule has 8 nitrogen and oxygen atoms in total. The lowest BCUT2D eigenvalue weighted by Crippen LogP contribution is -2.15. The van der Waals surface area contributed by atoms with Gasteiger partial charge in [0, 0.05) is 5.69 Å². The van der Waals surface area contributed by atoms with Gasteiger partial charge in [-0.2, -0.15) is 4.68 Å². The fraction of sp³-hybridized carbons (Fsp3) is 0.286. The standard InChI is InChI=1S/C21H23N5O3S/c1-13(2)29-20(28)16-8-10-17(11-9-16)22-19(27)12-30-21-23-24-25-26(21)18-7-5-6-14(3)15(18)4/h5-11,13H,12H2,1-4H3,(H,22,27). The van der Waals surface area contributed by atoms with Crippen LogP contribution in [0, 0.1) is 13.8 Å². The zero-order valence-electron chi connectivity index (χ0n) is 17.2. The molecule has 1 amide bonds. The lowest BCUT2D eigenvalue weighted by atomic mass is 10.1. The van der Waals surface area contributed by atoms with E-state index < -0.39 is 5.97 Å². The van der Waals surface area contributed by atoms with Crippen molar-refractivity contribution in [3.8, 4) is 5.69 Å². The molecule has 0 unspecified atom stereocenters. The Kier molecular flexibility index (Phi) is 6.83. The van der Waals surface area contributed by atoms with Gasteiger partial charge in [-0.05, 0) is 79.6 Å². The quantitative estimate of drug-likeness (QED) is 0.456. The molecule has 0 spiro atoms. The van der Waals surface area contributed by atoms with Crippen LogP contribution in [0.25, 0.3) is 5.69 Å². The number of carbonyl (C=O) groups is 2. The van der Waals surface area contributed by atoms with Crippen LogP contribution in [0.5, 0.6) is 0 Å². The van der Waals surface area contributed by atoms with Crippen LogP contribution in [0.4, 0.5) is 5.69 Å². The van der Waals surface area contributed by atoms with Gasteiger partial charge in [0.2, 0.25) is 11.1 Å². The lowest BCUT2D eigenvalue weighted by Gasteiger charge is -2.10. The van der Waals surface area contributed by atoms with Gasteiger partial charge in [0.05, 0.1) is 23.1 Å². The van der Waals surface area contributed by atoms with Crippen LogP contribution >= 0.6 is 11.8 Å². The maximum Gasteiger partial charge on any atom is 0.338 e. The Morgan fingerprint density at radius 1 is 1.13 bits per heavy atom. The molecule has 0 radical (unpaired) electrons. The average Bonchev–Trinajstić information content (AvgIpc) is 3.17. The first-order valence-corrected chi connectivity index (χ1v) is 10.4. The van der Waals surface area contributed by atoms with E-state index in [4.69, 9.17) is 4.74 Å². The minimum atomic E-state index is -0.392. The van der Waals surface area contributed by atoms with Crippen LogP contribution < -0.4 is 5.32 Å². The molecule has 1 heterocycles. The second-order valence-electron chi connectivity index (χ2n) is 6.96. The molecule has 0 fully saturated rings. The van der Waals surface area contributed by atoms with Crippen LogP contribution in [-0.4, -0.2) is 43.9 Å². The Balaban J connectivity index is 1.60. The van der Waals surface area contributed by atoms with Crippen LogP contribution in [0.3, 0.4) is 0 Å². The summed E-state index contributed by atoms with van der Waals surface area (Å²) in [5.41, 5.74) is 4.12. The highest BCUT2D eigenvalue weighted by molar-refractivity contribution is 7.99. The fourth-order valence-corrected chi connectivity index (χ4v) is 3.37. The number of tetrazole rings is 1. The first-order valence-electron chi connectivity index (χ1n) is 9.44. The Morgan fingerprint density at radius 2 is 1.87 bits per heavy atom. The van der Waals surface area contributed by atoms with Gasteiger partial charge in [-0.15, -0.1) is 5.10 Å². The monoisotopic (exact) mass is 425 g/mol. The molecule has 1 aromatic heterocycles. The number of aromatic nitrogens is 4. The third-order valence-corrected chi connectivity index (χ3v) is 5.24. The normalized spacial score (nSPS) is 10.8. The number of amides is 1. The highest BCUT2D eigenvalue weighted by Crippen LogP contribution is 2.22. The van der Waals surface area contributed by atoms with E-state index in [-0.39, 0.29) is 17.8 Å². The van der Waals surface area contributed by atoms with E-state index in [0.29, 0.717) is 16.4 Å². The summed E-state index contributed by atoms with van der Waals surface area (Å²) in [6.07, 6.45) is -0.186. The summed E-state index contributed by atoms with van der Waals surface area (Å²) in [6.45, 7) is 7.62. The molecule has 3 aromatic rings. The SMILES string of the molecule is Cc1cccc(-n2nnnc2SCC(=O)Nc2ccc(C(=O)OC(C)C)cc2)c1C. The number of esters is 1. The molecule has 0 bridgehead atoms. The number of anilines is 1. The fourth-order valence-electron chi connectivity index (χ4n) is 2.68. The second-order valence-corrected chi connectivity index (χ2v) is 7.90. The summed E-state index contributed by atoms with van der Waals surface area (Å²) in [4.78, 5) is 24.2. The van der Waals surface area contributed by atoms with Crippen molar-refractivity contribution in [1.82, 2.24) is 20.2 Å². The molecule has 0 atom stereocenters. The largest absolute Gasteiger partial charge is 0.459 e. The smallest absolute Gasteiger partial charge is 0.338 e. The number of hydrogen-bond donors (Lipinski definition) is 1. The molecule has 156 valence electrons. The summed E-state index contributed by atoms with van der Waals surface area (Å²) in [5, 5.41) is 15.2. The Hall–Kier alpha value is -3.20. The van der Waals surface area contributed by atoms with Gasteiger partial charge in [0.15, 0.2) is 0 Å². The number of carbonyl (C=O) groups excluding carboxylic acids is 2. The molecule has 2 aromatic carbocycles. The average molecular weight is 426 g/mol. The molecule has 3 rings (SSSR count). The summed E-state index contributed by atoms with van der Waals surface area (Å²) >= 11 is 1.25. The van der Waals surface area contributed by atoms with Crippen molar-refractivity contribution in [3.05, 3.63) is 59.2 Å². The van der Waals surface area contributed by atoms with Crippen molar-refractivity contribution < 1.29 is 14.3 Å². The summed E-state index contributed by atoms with van der Waals surface area (Å²) in [5.74, 6) is -0.452. The number of rotatable bonds is 7. The molecule has 0 aliphatic carbocycles. The number of hydrogen-bond acceptors (Lipinski definition) is 7. The highest BCUT2D eigenvalue weighted by Gasteiger charge is 2.14. The minimum absolute atomic E-state index is 0.141. The first-order chi connectivity index (χ1) is 14.3. The van der Waals surface area contributed by atoms with Crippen molar-refractivity contribution in [2.24, 2.45) is 0 Å². The zero-order chi connectivity index (χ0) is 21.7. The van der Waals surface area contributed by atoms with Crippen LogP contribution in [0.1, 0.15) is 35.3 Å². The predicted molar refractivity (Wildman–Crippen MR) is 115 cm³/mol. The highest BCUT2D eigenvalue weighted by atomic mass is 32.2. The van der Waals surface area contributed by atoms with E-state index in [9.17, 15) is 9.59 Å². The molecule has 9 heteroatoms. The zero-order valence-corrected chi connectivity index (χ0v) is 18.1. The number of ether oxygens (including phenoxy) is 1. The molecule has 0 saturated carbocycles. The van der Waals surface area contributed by atoms with Gasteiger partial charge in [-0.25, -0.2) is 4.79 Å². The third-order valence-electron chi connectivity index (χ3n) is 4.32. The van der Waals surface area contributed by atoms with Crippen molar-refractivity contribution in [3.63, 3.8) is 0 Å². The molecule has 30 heavy (non-hydrogen) atoms. The number of aryl methyl sites for hydroxylation is 1. The summed E-state index contributed by atoms with van der Waals surface area (Å²) in [6, 6.07) is 12.5. The van der Waals surface area contributed by atoms with Gasteiger partial charge in [0.1, 0.15) is 0 Å². The maximum atomic E-state index is 12.3. The van der Waals surface area contributed by atoms with E-state index in [1.807, 2.05) is 32.0 Å². The van der Waals surface area contributed by atoms with Crippen molar-refractivity contribution >= 4 is 29.3 Å². The Morgan fingerprint density at radius 3 is 2.57 bits per heavy atom. The van der Waals surface area contributed by atoms with Gasteiger partial charge >= 0.3 is 5.97 Å². The van der Waals surface area contributed by atoms with Gasteiger partial charge in [-0.1, -0.05) is 23.9 Å². The van der Waals surface area contributed by atoms with Crippen LogP contribution in [0.2, 0.25) is 0 Å². The van der Waals surface area contributed by atoms with E-state index >= 15 is 0 Å². The Labute approximate surface area is 179 Å². The second kappa shape index (κ2) is 9.53. The van der Waals surface area contributed by atoms with Crippen LogP contribution in [0.15, 0.2) is 47.6 Å². The first kappa shape index (κ1) is 21.5. The van der Waals surface area contributed by atoms with Gasteiger partial charge in [-0.3, -0.25) is 4.79 Å². The number of benzene rings is 2. The van der Waals surface area contributed by atoms with Crippen molar-refractivity contribution in [2.75, 3.05) is 11.1 Å². The van der Waals surface area contributed by atoms with Gasteiger partial charge < -0.3 is 10.1 Å². The predicted octanol–water partition coefficient (Wildman–Crippen LogP) is 3.58. The van der Waals surface area contributed by atoms with E-state index in [2.05, 4.69) is 20.8 Å². The molecule has 0 saturated heterocycles. The third kappa shape index (κ3) is 5.24. The maximum absolute atomic E-state index is 12.3. The lowest BCUT2D eigenvalue weighted by molar-refractivity contribution is -0.113. The van der Waals surface area contributed by atoms with Crippen molar-refractivity contribution in [2.45, 2.75) is 39.0 Å². The molecule has 1 N–H and O–H groups in total. The molecular weight excluding hydrogens is 402 g/mol.